The van der Waals surface area contributed by atoms with Crippen LogP contribution in [-0.4, -0.2) is 22.8 Å². The van der Waals surface area contributed by atoms with Crippen LogP contribution in [0.4, 0.5) is 0 Å². The number of benzene rings is 4. The molecule has 0 unspecified atom stereocenters. The molecule has 5 aliphatic heterocycles. The second kappa shape index (κ2) is 14.6. The molecule has 0 amide bonds. The first kappa shape index (κ1) is 39.0. The maximum Gasteiger partial charge on any atom is 0.0738 e. The van der Waals surface area contributed by atoms with Crippen LogP contribution in [0.15, 0.2) is 140 Å². The van der Waals surface area contributed by atoms with E-state index < -0.39 is 0 Å². The molecule has 0 aromatic heterocycles. The van der Waals surface area contributed by atoms with Gasteiger partial charge in [-0.3, -0.25) is 0 Å². The molecule has 8 bridgehead atoms. The van der Waals surface area contributed by atoms with Crippen LogP contribution < -0.4 is 0 Å². The molecule has 0 aliphatic carbocycles. The molecule has 9 rings (SSSR count). The van der Waals surface area contributed by atoms with Crippen LogP contribution in [0.1, 0.15) is 89.0 Å². The standard InChI is InChI=1S/C56H52N4/c1-29-21-33(5)49(34(6)22-29)53-41-13-15-43(57-41)54(50-35(7)23-30(2)24-36(50)8)45-17-19-47(59-45)56(52-39(11)27-32(4)28-40(52)12)48-20-18-46(60-48)55(44-16-14-42(53)58-44)51-37(9)25-31(3)26-38(51)10/h13-28H,1-12H3. The SMILES string of the molecule is Cc1cc(C)c(C2=C3C=CC(=N3)C(c3c(C)cc(C)cc3C)=C3C=CC(=N3)C(c3c(C)cc(C)cc3C)=C3C=CC(=N3)C(c3c(C)cc(C)cc3C)=C3C=CC2=N3)c(C)c1. The van der Waals surface area contributed by atoms with Gasteiger partial charge in [-0.1, -0.05) is 70.8 Å². The van der Waals surface area contributed by atoms with Crippen molar-refractivity contribution in [1.82, 2.24) is 0 Å². The summed E-state index contributed by atoms with van der Waals surface area (Å²) in [6.45, 7) is 26.3. The molecule has 4 aromatic rings. The Morgan fingerprint density at radius 1 is 0.233 bits per heavy atom. The molecule has 5 aliphatic rings. The second-order valence-electron chi connectivity index (χ2n) is 17.5. The number of hydrogen-bond acceptors (Lipinski definition) is 4. The van der Waals surface area contributed by atoms with Gasteiger partial charge in [0.2, 0.25) is 0 Å². The maximum absolute atomic E-state index is 5.59. The quantitative estimate of drug-likeness (QED) is 0.198. The van der Waals surface area contributed by atoms with Gasteiger partial charge in [0.1, 0.15) is 0 Å². The Bertz CT molecular complexity index is 2550. The van der Waals surface area contributed by atoms with Gasteiger partial charge in [-0.2, -0.15) is 0 Å². The van der Waals surface area contributed by atoms with Crippen molar-refractivity contribution < 1.29 is 0 Å². The van der Waals surface area contributed by atoms with E-state index in [2.05, 4.69) is 180 Å². The first-order valence-corrected chi connectivity index (χ1v) is 21.1. The highest BCUT2D eigenvalue weighted by Crippen LogP contribution is 2.42. The molecule has 296 valence electrons. The van der Waals surface area contributed by atoms with Gasteiger partial charge in [0.05, 0.1) is 45.6 Å². The van der Waals surface area contributed by atoms with E-state index >= 15 is 0 Å². The minimum Gasteiger partial charge on any atom is -0.248 e. The molecule has 0 atom stereocenters. The zero-order chi connectivity index (χ0) is 42.3. The van der Waals surface area contributed by atoms with Gasteiger partial charge in [-0.25, -0.2) is 20.0 Å². The molecule has 0 saturated carbocycles. The highest BCUT2D eigenvalue weighted by molar-refractivity contribution is 6.40. The van der Waals surface area contributed by atoms with Crippen LogP contribution in [0.25, 0.3) is 22.3 Å². The number of rotatable bonds is 4. The fraction of sp³-hybridized carbons (Fsp3) is 0.214. The molecule has 0 radical (unpaired) electrons. The summed E-state index contributed by atoms with van der Waals surface area (Å²) in [5.41, 5.74) is 30.4. The zero-order valence-electron chi connectivity index (χ0n) is 37.0. The molecule has 4 aromatic carbocycles. The van der Waals surface area contributed by atoms with Crippen molar-refractivity contribution in [3.8, 4) is 0 Å². The minimum absolute atomic E-state index is 0.889. The Hall–Kier alpha value is -6.52. The van der Waals surface area contributed by atoms with E-state index in [1.165, 1.54) is 66.8 Å². The number of hydrogen-bond donors (Lipinski definition) is 0. The summed E-state index contributed by atoms with van der Waals surface area (Å²) in [6, 6.07) is 18.2. The maximum atomic E-state index is 5.59. The Labute approximate surface area is 355 Å². The zero-order valence-corrected chi connectivity index (χ0v) is 37.0. The van der Waals surface area contributed by atoms with Crippen molar-refractivity contribution in [1.29, 1.82) is 0 Å². The summed E-state index contributed by atoms with van der Waals surface area (Å²) < 4.78 is 0. The average molecular weight is 781 g/mol. The first-order valence-electron chi connectivity index (χ1n) is 21.1. The van der Waals surface area contributed by atoms with Crippen molar-refractivity contribution in [3.63, 3.8) is 0 Å². The third-order valence-corrected chi connectivity index (χ3v) is 12.3. The number of fused-ring (bicyclic) bond motifs is 4. The predicted molar refractivity (Wildman–Crippen MR) is 257 cm³/mol. The lowest BCUT2D eigenvalue weighted by molar-refractivity contribution is 1.27. The largest absolute Gasteiger partial charge is 0.248 e. The van der Waals surface area contributed by atoms with Crippen molar-refractivity contribution >= 4 is 45.1 Å². The third-order valence-electron chi connectivity index (χ3n) is 12.3. The van der Waals surface area contributed by atoms with E-state index in [9.17, 15) is 0 Å². The fourth-order valence-corrected chi connectivity index (χ4v) is 10.4. The van der Waals surface area contributed by atoms with Gasteiger partial charge < -0.3 is 0 Å². The molecule has 60 heavy (non-hydrogen) atoms. The lowest BCUT2D eigenvalue weighted by Crippen LogP contribution is -2.08. The minimum atomic E-state index is 0.889. The summed E-state index contributed by atoms with van der Waals surface area (Å²) in [6.07, 6.45) is 17.4. The summed E-state index contributed by atoms with van der Waals surface area (Å²) in [5.74, 6) is 0. The predicted octanol–water partition coefficient (Wildman–Crippen LogP) is 13.4. The van der Waals surface area contributed by atoms with Crippen LogP contribution >= 0.6 is 0 Å². The van der Waals surface area contributed by atoms with Gasteiger partial charge in [0.25, 0.3) is 0 Å². The van der Waals surface area contributed by atoms with Gasteiger partial charge in [0, 0.05) is 22.3 Å². The third kappa shape index (κ3) is 6.55. The number of nitrogens with zero attached hydrogens (tertiary/aromatic N) is 4. The highest BCUT2D eigenvalue weighted by Gasteiger charge is 2.30. The van der Waals surface area contributed by atoms with Crippen LogP contribution in [0.3, 0.4) is 0 Å². The Morgan fingerprint density at radius 3 is 0.567 bits per heavy atom. The summed E-state index contributed by atoms with van der Waals surface area (Å²) in [7, 11) is 0. The van der Waals surface area contributed by atoms with Gasteiger partial charge in [0.15, 0.2) is 0 Å². The van der Waals surface area contributed by atoms with Crippen molar-refractivity contribution in [2.75, 3.05) is 0 Å². The Morgan fingerprint density at radius 2 is 0.400 bits per heavy atom. The normalized spacial score (nSPS) is 16.9. The van der Waals surface area contributed by atoms with E-state index in [1.54, 1.807) is 0 Å². The van der Waals surface area contributed by atoms with Crippen LogP contribution in [0, 0.1) is 83.1 Å². The molecule has 4 heteroatoms. The molecule has 0 N–H and O–H groups in total. The smallest absolute Gasteiger partial charge is 0.0738 e. The van der Waals surface area contributed by atoms with E-state index in [4.69, 9.17) is 20.0 Å². The fourth-order valence-electron chi connectivity index (χ4n) is 10.4. The van der Waals surface area contributed by atoms with E-state index in [0.29, 0.717) is 0 Å². The van der Waals surface area contributed by atoms with Gasteiger partial charge in [-0.05, 0) is 198 Å². The summed E-state index contributed by atoms with van der Waals surface area (Å²) in [4.78, 5) is 22.4. The van der Waals surface area contributed by atoms with Crippen molar-refractivity contribution in [3.05, 3.63) is 209 Å². The second-order valence-corrected chi connectivity index (χ2v) is 17.5. The molecule has 0 saturated heterocycles. The van der Waals surface area contributed by atoms with Crippen molar-refractivity contribution in [2.24, 2.45) is 20.0 Å². The highest BCUT2D eigenvalue weighted by atomic mass is 14.9. The number of aryl methyl sites for hydroxylation is 12. The molecule has 0 spiro atoms. The lowest BCUT2D eigenvalue weighted by Gasteiger charge is -2.18. The van der Waals surface area contributed by atoms with Gasteiger partial charge in [-0.15, -0.1) is 0 Å². The molecule has 0 fully saturated rings. The monoisotopic (exact) mass is 780 g/mol. The molecule has 4 nitrogen and oxygen atoms in total. The van der Waals surface area contributed by atoms with Gasteiger partial charge >= 0.3 is 0 Å². The molecule has 5 heterocycles. The van der Waals surface area contributed by atoms with E-state index in [1.807, 2.05) is 0 Å². The summed E-state index contributed by atoms with van der Waals surface area (Å²) >= 11 is 0. The molecular formula is C56H52N4. The topological polar surface area (TPSA) is 49.4 Å². The molecular weight excluding hydrogens is 729 g/mol. The number of allylic oxidation sites excluding steroid dienone is 12. The first-order chi connectivity index (χ1) is 28.7. The van der Waals surface area contributed by atoms with E-state index in [0.717, 1.165) is 90.2 Å². The lowest BCUT2D eigenvalue weighted by atomic mass is 9.89. The van der Waals surface area contributed by atoms with Crippen LogP contribution in [0.5, 0.6) is 0 Å². The van der Waals surface area contributed by atoms with Crippen LogP contribution in [-0.2, 0) is 0 Å². The Balaban J connectivity index is 1.44. The number of aliphatic imine (C=N–C) groups is 4. The van der Waals surface area contributed by atoms with Crippen LogP contribution in [0.2, 0.25) is 0 Å². The van der Waals surface area contributed by atoms with E-state index in [-0.39, 0.29) is 0 Å². The van der Waals surface area contributed by atoms with Crippen molar-refractivity contribution in [2.45, 2.75) is 83.1 Å². The average Bonchev–Trinajstić information content (AvgIpc) is 3.99. The summed E-state index contributed by atoms with van der Waals surface area (Å²) in [5, 5.41) is 0. The Kier molecular flexibility index (Phi) is 9.51.